The molecule has 0 heterocycles. The molecule has 0 fully saturated rings. The third kappa shape index (κ3) is 6.95. The van der Waals surface area contributed by atoms with Gasteiger partial charge in [0.2, 0.25) is 0 Å². The van der Waals surface area contributed by atoms with Gasteiger partial charge in [-0.1, -0.05) is 26.2 Å². The molecule has 0 radical (unpaired) electrons. The minimum atomic E-state index is -0.619. The summed E-state index contributed by atoms with van der Waals surface area (Å²) in [4.78, 5) is 34.3. The maximum absolute atomic E-state index is 12.2. The predicted molar refractivity (Wildman–Crippen MR) is 83.5 cm³/mol. The van der Waals surface area contributed by atoms with Gasteiger partial charge in [-0.3, -0.25) is 9.59 Å². The highest BCUT2D eigenvalue weighted by molar-refractivity contribution is 5.94. The van der Waals surface area contributed by atoms with E-state index in [2.05, 4.69) is 6.92 Å². The summed E-state index contributed by atoms with van der Waals surface area (Å²) in [6.45, 7) is 4.87. The van der Waals surface area contributed by atoms with Gasteiger partial charge >= 0.3 is 17.9 Å². The molecular formula is C17H22O6. The van der Waals surface area contributed by atoms with Gasteiger partial charge in [-0.2, -0.15) is 0 Å². The van der Waals surface area contributed by atoms with Crippen LogP contribution in [0.1, 0.15) is 56.8 Å². The molecular weight excluding hydrogens is 300 g/mol. The lowest BCUT2D eigenvalue weighted by molar-refractivity contribution is -0.133. The molecule has 0 bridgehead atoms. The molecule has 6 nitrogen and oxygen atoms in total. The van der Waals surface area contributed by atoms with Crippen LogP contribution in [0.15, 0.2) is 18.2 Å². The van der Waals surface area contributed by atoms with Crippen LogP contribution in [0.4, 0.5) is 0 Å². The first kappa shape index (κ1) is 18.7. The molecule has 0 aliphatic heterocycles. The molecule has 1 aromatic carbocycles. The summed E-state index contributed by atoms with van der Waals surface area (Å²) >= 11 is 0. The Morgan fingerprint density at radius 3 is 2.26 bits per heavy atom. The molecule has 0 saturated carbocycles. The lowest BCUT2D eigenvalue weighted by Crippen LogP contribution is -2.12. The van der Waals surface area contributed by atoms with Crippen LogP contribution in [-0.4, -0.2) is 24.5 Å². The second-order valence-electron chi connectivity index (χ2n) is 5.04. The van der Waals surface area contributed by atoms with E-state index in [9.17, 15) is 14.4 Å². The van der Waals surface area contributed by atoms with Gasteiger partial charge in [0.05, 0.1) is 6.61 Å². The number of esters is 3. The second kappa shape index (κ2) is 9.61. The summed E-state index contributed by atoms with van der Waals surface area (Å²) in [5, 5.41) is 0. The molecule has 6 heteroatoms. The highest BCUT2D eigenvalue weighted by atomic mass is 16.6. The number of rotatable bonds is 8. The molecule has 0 spiro atoms. The van der Waals surface area contributed by atoms with Crippen LogP contribution in [-0.2, 0) is 14.3 Å². The van der Waals surface area contributed by atoms with E-state index >= 15 is 0 Å². The van der Waals surface area contributed by atoms with Gasteiger partial charge in [0.25, 0.3) is 0 Å². The van der Waals surface area contributed by atoms with Gasteiger partial charge in [-0.15, -0.1) is 0 Å². The molecule has 23 heavy (non-hydrogen) atoms. The smallest absolute Gasteiger partial charge is 0.342 e. The molecule has 0 aromatic heterocycles. The Hall–Kier alpha value is -2.37. The quantitative estimate of drug-likeness (QED) is 0.415. The minimum absolute atomic E-state index is 0.0504. The van der Waals surface area contributed by atoms with Crippen molar-refractivity contribution in [3.63, 3.8) is 0 Å². The van der Waals surface area contributed by atoms with Crippen LogP contribution in [0.2, 0.25) is 0 Å². The van der Waals surface area contributed by atoms with E-state index in [1.165, 1.54) is 32.0 Å². The number of carbonyl (C=O) groups excluding carboxylic acids is 3. The zero-order chi connectivity index (χ0) is 17.2. The molecule has 126 valence electrons. The number of hydrogen-bond donors (Lipinski definition) is 0. The van der Waals surface area contributed by atoms with E-state index in [-0.39, 0.29) is 23.7 Å². The average molecular weight is 322 g/mol. The third-order valence-electron chi connectivity index (χ3n) is 2.92. The van der Waals surface area contributed by atoms with Crippen LogP contribution in [0.5, 0.6) is 11.5 Å². The van der Waals surface area contributed by atoms with Crippen molar-refractivity contribution >= 4 is 17.9 Å². The highest BCUT2D eigenvalue weighted by Gasteiger charge is 2.17. The highest BCUT2D eigenvalue weighted by Crippen LogP contribution is 2.25. The largest absolute Gasteiger partial charge is 0.462 e. The molecule has 1 aromatic rings. The van der Waals surface area contributed by atoms with Crippen molar-refractivity contribution in [1.29, 1.82) is 0 Å². The van der Waals surface area contributed by atoms with Crippen LogP contribution in [0, 0.1) is 0 Å². The van der Waals surface area contributed by atoms with Gasteiger partial charge in [-0.25, -0.2) is 4.79 Å². The number of ether oxygens (including phenoxy) is 3. The Kier molecular flexibility index (Phi) is 7.80. The Labute approximate surface area is 135 Å². The van der Waals surface area contributed by atoms with Crippen molar-refractivity contribution in [2.75, 3.05) is 6.61 Å². The maximum atomic E-state index is 12.2. The first-order chi connectivity index (χ1) is 10.9. The predicted octanol–water partition coefficient (Wildman–Crippen LogP) is 3.27. The number of benzene rings is 1. The fourth-order valence-electron chi connectivity index (χ4n) is 1.91. The Bertz CT molecular complexity index is 564. The van der Waals surface area contributed by atoms with Crippen molar-refractivity contribution < 1.29 is 28.6 Å². The van der Waals surface area contributed by atoms with E-state index in [0.29, 0.717) is 0 Å². The number of carbonyl (C=O) groups is 3. The molecule has 0 saturated heterocycles. The van der Waals surface area contributed by atoms with Gasteiger partial charge < -0.3 is 14.2 Å². The standard InChI is InChI=1S/C17H22O6/c1-4-5-6-7-10-21-17(20)15-11-14(22-12(2)18)8-9-16(15)23-13(3)19/h8-9,11H,4-7,10H2,1-3H3. The van der Waals surface area contributed by atoms with E-state index in [0.717, 1.165) is 25.7 Å². The second-order valence-corrected chi connectivity index (χ2v) is 5.04. The average Bonchev–Trinajstić information content (AvgIpc) is 2.47. The lowest BCUT2D eigenvalue weighted by atomic mass is 10.2. The van der Waals surface area contributed by atoms with Crippen molar-refractivity contribution in [3.8, 4) is 11.5 Å². The molecule has 0 amide bonds. The molecule has 1 rings (SSSR count). The summed E-state index contributed by atoms with van der Waals surface area (Å²) in [6.07, 6.45) is 3.92. The number of hydrogen-bond acceptors (Lipinski definition) is 6. The lowest BCUT2D eigenvalue weighted by Gasteiger charge is -2.11. The topological polar surface area (TPSA) is 78.9 Å². The van der Waals surface area contributed by atoms with Crippen molar-refractivity contribution in [2.24, 2.45) is 0 Å². The first-order valence-corrected chi connectivity index (χ1v) is 7.62. The van der Waals surface area contributed by atoms with Crippen molar-refractivity contribution in [2.45, 2.75) is 46.5 Å². The van der Waals surface area contributed by atoms with E-state index in [1.54, 1.807) is 0 Å². The molecule has 0 atom stereocenters. The van der Waals surface area contributed by atoms with Gasteiger partial charge in [0.1, 0.15) is 17.1 Å². The zero-order valence-corrected chi connectivity index (χ0v) is 13.7. The summed E-state index contributed by atoms with van der Waals surface area (Å²) in [5.74, 6) is -1.42. The summed E-state index contributed by atoms with van der Waals surface area (Å²) in [7, 11) is 0. The molecule has 0 aliphatic carbocycles. The zero-order valence-electron chi connectivity index (χ0n) is 13.7. The van der Waals surface area contributed by atoms with Gasteiger partial charge in [0, 0.05) is 13.8 Å². The maximum Gasteiger partial charge on any atom is 0.342 e. The van der Waals surface area contributed by atoms with Crippen molar-refractivity contribution in [3.05, 3.63) is 23.8 Å². The van der Waals surface area contributed by atoms with E-state index < -0.39 is 17.9 Å². The Morgan fingerprint density at radius 1 is 0.957 bits per heavy atom. The fourth-order valence-corrected chi connectivity index (χ4v) is 1.91. The SMILES string of the molecule is CCCCCCOC(=O)c1cc(OC(C)=O)ccc1OC(C)=O. The van der Waals surface area contributed by atoms with Gasteiger partial charge in [-0.05, 0) is 24.6 Å². The molecule has 0 N–H and O–H groups in total. The van der Waals surface area contributed by atoms with Crippen molar-refractivity contribution in [1.82, 2.24) is 0 Å². The summed E-state index contributed by atoms with van der Waals surface area (Å²) in [5.41, 5.74) is 0.0504. The Morgan fingerprint density at radius 2 is 1.65 bits per heavy atom. The van der Waals surface area contributed by atoms with Crippen LogP contribution < -0.4 is 9.47 Å². The molecule has 0 unspecified atom stereocenters. The van der Waals surface area contributed by atoms with E-state index in [1.807, 2.05) is 0 Å². The molecule has 0 aliphatic rings. The minimum Gasteiger partial charge on any atom is -0.462 e. The van der Waals surface area contributed by atoms with Crippen LogP contribution >= 0.6 is 0 Å². The normalized spacial score (nSPS) is 10.0. The van der Waals surface area contributed by atoms with E-state index in [4.69, 9.17) is 14.2 Å². The monoisotopic (exact) mass is 322 g/mol. The number of unbranched alkanes of at least 4 members (excludes halogenated alkanes) is 3. The third-order valence-corrected chi connectivity index (χ3v) is 2.92. The van der Waals surface area contributed by atoms with Crippen LogP contribution in [0.25, 0.3) is 0 Å². The summed E-state index contributed by atoms with van der Waals surface area (Å²) < 4.78 is 15.1. The first-order valence-electron chi connectivity index (χ1n) is 7.62. The fraction of sp³-hybridized carbons (Fsp3) is 0.471. The Balaban J connectivity index is 2.83. The van der Waals surface area contributed by atoms with Gasteiger partial charge in [0.15, 0.2) is 0 Å². The summed E-state index contributed by atoms with van der Waals surface area (Å²) in [6, 6.07) is 4.17. The van der Waals surface area contributed by atoms with Crippen LogP contribution in [0.3, 0.4) is 0 Å².